The lowest BCUT2D eigenvalue weighted by Crippen LogP contribution is -2.65. The third kappa shape index (κ3) is 20.9. The normalized spacial score (nSPS) is 29.4. The van der Waals surface area contributed by atoms with E-state index >= 15 is 24.0 Å². The number of primary amides is 1. The van der Waals surface area contributed by atoms with Crippen LogP contribution in [-0.2, 0) is 75.2 Å². The van der Waals surface area contributed by atoms with E-state index < -0.39 is 261 Å². The highest BCUT2D eigenvalue weighted by Gasteiger charge is 2.53. The van der Waals surface area contributed by atoms with Gasteiger partial charge in [-0.05, 0) is 154 Å². The van der Waals surface area contributed by atoms with E-state index in [0.29, 0.717) is 12.4 Å². The van der Waals surface area contributed by atoms with Crippen molar-refractivity contribution in [2.24, 2.45) is 17.4 Å². The molecular formula is C88H102Cl2N10O27. The van der Waals surface area contributed by atoms with E-state index in [1.165, 1.54) is 51.2 Å². The number of carbonyl (C=O) groups excluding carboxylic acids is 7. The van der Waals surface area contributed by atoms with Gasteiger partial charge in [0.25, 0.3) is 0 Å². The maximum Gasteiger partial charge on any atom is 0.330 e. The molecule has 0 radical (unpaired) electrons. The summed E-state index contributed by atoms with van der Waals surface area (Å²) in [5.74, 6) is -15.5. The summed E-state index contributed by atoms with van der Waals surface area (Å²) in [5.41, 5.74) is 9.82. The molecule has 15 rings (SSSR count). The van der Waals surface area contributed by atoms with Gasteiger partial charge < -0.3 is 148 Å². The number of carbonyl (C=O) groups is 8. The van der Waals surface area contributed by atoms with Crippen LogP contribution >= 0.6 is 23.2 Å². The van der Waals surface area contributed by atoms with Gasteiger partial charge in [0.15, 0.2) is 36.2 Å². The summed E-state index contributed by atoms with van der Waals surface area (Å²) in [5, 5.41) is 138. The molecule has 8 aliphatic heterocycles. The van der Waals surface area contributed by atoms with Gasteiger partial charge in [-0.1, -0.05) is 97.2 Å². The second-order valence-corrected chi connectivity index (χ2v) is 34.2. The zero-order valence-corrected chi connectivity index (χ0v) is 71.5. The lowest BCUT2D eigenvalue weighted by Gasteiger charge is -2.48. The van der Waals surface area contributed by atoms with Crippen LogP contribution in [0.15, 0.2) is 127 Å². The molecule has 127 heavy (non-hydrogen) atoms. The van der Waals surface area contributed by atoms with Crippen LogP contribution < -0.4 is 72.9 Å². The topological polar surface area (TPSA) is 570 Å². The summed E-state index contributed by atoms with van der Waals surface area (Å²) in [6.45, 7) is 11.3. The van der Waals surface area contributed by atoms with Gasteiger partial charge in [0, 0.05) is 53.2 Å². The van der Waals surface area contributed by atoms with Crippen molar-refractivity contribution in [2.45, 2.75) is 221 Å². The smallest absolute Gasteiger partial charge is 0.330 e. The molecule has 7 aromatic carbocycles. The van der Waals surface area contributed by atoms with Crippen LogP contribution in [-0.4, -0.2) is 215 Å². The number of phenols is 3. The van der Waals surface area contributed by atoms with E-state index in [-0.39, 0.29) is 59.2 Å². The molecule has 3 fully saturated rings. The molecule has 0 unspecified atom stereocenters. The molecule has 0 spiro atoms. The number of halogens is 2. The summed E-state index contributed by atoms with van der Waals surface area (Å²) in [6, 6.07) is 14.8. The number of aliphatic hydroxyl groups is 6. The summed E-state index contributed by atoms with van der Waals surface area (Å²) in [4.78, 5) is 121. The van der Waals surface area contributed by atoms with Gasteiger partial charge in [-0.15, -0.1) is 0 Å². The minimum absolute atomic E-state index is 0.120. The van der Waals surface area contributed by atoms with Gasteiger partial charge in [-0.25, -0.2) is 4.79 Å². The first-order valence-electron chi connectivity index (χ1n) is 41.0. The summed E-state index contributed by atoms with van der Waals surface area (Å²) in [6.07, 6.45) is -23.0. The number of nitrogens with two attached hydrogens (primary N) is 2. The number of aromatic hydroxyl groups is 3. The van der Waals surface area contributed by atoms with Crippen LogP contribution in [0.2, 0.25) is 10.0 Å². The van der Waals surface area contributed by atoms with Crippen LogP contribution in [0.4, 0.5) is 0 Å². The van der Waals surface area contributed by atoms with Crippen molar-refractivity contribution in [3.8, 4) is 62.9 Å². The van der Waals surface area contributed by atoms with Crippen LogP contribution in [0.25, 0.3) is 11.1 Å². The van der Waals surface area contributed by atoms with E-state index in [4.69, 9.17) is 77.3 Å². The average Bonchev–Trinajstić information content (AvgIpc) is 0.763. The van der Waals surface area contributed by atoms with Gasteiger partial charge in [0.05, 0.1) is 53.5 Å². The highest BCUT2D eigenvalue weighted by Crippen LogP contribution is 2.51. The molecule has 11 bridgehead atoms. The number of hydrogen-bond donors (Lipinski definition) is 20. The number of carboxylic acids is 1. The fourth-order valence-electron chi connectivity index (χ4n) is 16.3. The highest BCUT2D eigenvalue weighted by atomic mass is 35.5. The van der Waals surface area contributed by atoms with E-state index in [0.717, 1.165) is 65.2 Å². The number of aliphatic hydroxyl groups excluding tert-OH is 6. The molecule has 0 saturated carbocycles. The van der Waals surface area contributed by atoms with Crippen LogP contribution in [0.5, 0.6) is 51.7 Å². The third-order valence-electron chi connectivity index (χ3n) is 23.2. The molecule has 7 aromatic rings. The van der Waals surface area contributed by atoms with Crippen molar-refractivity contribution < 1.29 is 132 Å². The molecule has 39 heteroatoms. The van der Waals surface area contributed by atoms with E-state index in [1.54, 1.807) is 26.0 Å². The lowest BCUT2D eigenvalue weighted by atomic mass is 9.84. The second-order valence-electron chi connectivity index (χ2n) is 33.4. The van der Waals surface area contributed by atoms with Crippen molar-refractivity contribution in [1.82, 2.24) is 42.5 Å². The first-order valence-corrected chi connectivity index (χ1v) is 41.7. The first-order chi connectivity index (χ1) is 60.2. The molecular weight excluding hydrogens is 1700 g/mol. The monoisotopic (exact) mass is 1800 g/mol. The zero-order chi connectivity index (χ0) is 91.7. The average molecular weight is 1800 g/mol. The van der Waals surface area contributed by atoms with Gasteiger partial charge in [-0.3, -0.25) is 33.6 Å². The molecule has 7 amide bonds. The molecule has 22 N–H and O–H groups in total. The Morgan fingerprint density at radius 2 is 1.25 bits per heavy atom. The number of fused-ring (bicyclic) bond motifs is 15. The summed E-state index contributed by atoms with van der Waals surface area (Å²) in [7, 11) is 1.48. The Hall–Kier alpha value is -11.1. The molecule has 3 saturated heterocycles. The quantitative estimate of drug-likeness (QED) is 0.0482. The first kappa shape index (κ1) is 93.6. The molecule has 8 heterocycles. The van der Waals surface area contributed by atoms with Gasteiger partial charge in [0.1, 0.15) is 102 Å². The number of amides is 7. The number of phenolic OH excluding ortho intramolecular Hbond substituents is 3. The lowest BCUT2D eigenvalue weighted by molar-refractivity contribution is -0.334. The molecule has 22 atom stereocenters. The molecule has 680 valence electrons. The fraction of sp³-hybridized carbons (Fsp3) is 0.432. The number of aryl methyl sites for hydroxylation is 1. The van der Waals surface area contributed by atoms with Crippen LogP contribution in [0.3, 0.4) is 0 Å². The van der Waals surface area contributed by atoms with Crippen molar-refractivity contribution >= 4 is 70.5 Å². The van der Waals surface area contributed by atoms with E-state index in [1.807, 2.05) is 57.2 Å². The number of aliphatic carboxylic acids is 1. The fourth-order valence-corrected chi connectivity index (χ4v) is 16.7. The Bertz CT molecular complexity index is 5290. The van der Waals surface area contributed by atoms with Crippen molar-refractivity contribution in [3.05, 3.63) is 182 Å². The van der Waals surface area contributed by atoms with Crippen molar-refractivity contribution in [1.29, 1.82) is 0 Å². The number of carboxylic acid groups (broad SMARTS) is 1. The molecule has 37 nitrogen and oxygen atoms in total. The second kappa shape index (κ2) is 38.9. The number of hydrogen-bond acceptors (Lipinski definition) is 29. The predicted octanol–water partition coefficient (Wildman–Crippen LogP) is 4.06. The number of rotatable bonds is 21. The SMILES string of the molecule is CN[C@H](CC(C)C)C(=O)N[C@H]1C(=O)N[C@@H](CC(N)=O)C(=O)N[C@H]2C(=O)N[C@H]3C(=O)N[C@H](C(=O)N[C@H](C(=O)O)c4cc(O)cc(O)c4-c4cc3ccc4O)[C@H](O[C@H]3C[C@](C)(N)[C@@H](O)[C@H](C)O3)c3ccc(c(Cl)c3)Oc3cc2cc(c3O[C@@H]2O[C@H](CO)[C@@H](O)[C@H](O)[C@H]2O[C@H]2C[C@](C)(NCc3ccc(OCc4ccc(C)cc4)cc3)[C@@H](O)[C@H](C)O2)Oc2ccc(cc2Cl)[C@H]1O. The Kier molecular flexibility index (Phi) is 28.6. The van der Waals surface area contributed by atoms with Crippen molar-refractivity contribution in [2.75, 3.05) is 13.7 Å². The minimum Gasteiger partial charge on any atom is -0.508 e. The number of ether oxygens (including phenoxy) is 9. The Morgan fingerprint density at radius 3 is 1.87 bits per heavy atom. The van der Waals surface area contributed by atoms with Crippen molar-refractivity contribution in [3.63, 3.8) is 0 Å². The number of likely N-dealkylation sites (N-methyl/N-ethyl adjacent to an activating group) is 1. The summed E-state index contributed by atoms with van der Waals surface area (Å²) < 4.78 is 59.0. The predicted molar refractivity (Wildman–Crippen MR) is 450 cm³/mol. The minimum atomic E-state index is -2.40. The number of nitrogens with one attached hydrogen (secondary N) is 8. The molecule has 0 aromatic heterocycles. The Labute approximate surface area is 737 Å². The zero-order valence-electron chi connectivity index (χ0n) is 70.0. The van der Waals surface area contributed by atoms with Gasteiger partial charge >= 0.3 is 5.97 Å². The maximum atomic E-state index is 16.6. The van der Waals surface area contributed by atoms with Crippen LogP contribution in [0, 0.1) is 12.8 Å². The maximum absolute atomic E-state index is 16.6. The Morgan fingerprint density at radius 1 is 0.646 bits per heavy atom. The summed E-state index contributed by atoms with van der Waals surface area (Å²) >= 11 is 14.7. The van der Waals surface area contributed by atoms with E-state index in [9.17, 15) is 65.4 Å². The van der Waals surface area contributed by atoms with Gasteiger partial charge in [-0.2, -0.15) is 0 Å². The molecule has 0 aliphatic carbocycles. The number of benzene rings is 7. The van der Waals surface area contributed by atoms with Crippen LogP contribution in [0.1, 0.15) is 142 Å². The largest absolute Gasteiger partial charge is 0.508 e. The Balaban J connectivity index is 1.00. The third-order valence-corrected chi connectivity index (χ3v) is 23.8. The van der Waals surface area contributed by atoms with E-state index in [2.05, 4.69) is 42.5 Å². The molecule has 8 aliphatic rings. The van der Waals surface area contributed by atoms with Gasteiger partial charge in [0.2, 0.25) is 53.4 Å². The standard InChI is InChI=1S/C88H102Cl2N10O27/c1-37(2)23-53(93-8)79(111)99-69-71(106)44-16-21-57(51(89)25-44)122-59-27-46-28-60(75(59)127-86-76(73(108)72(107)61(35-101)124-86)126-64-33-88(7,78(110)40(5)121-64)94-34-41-13-18-48(19-14-41)119-36-42-11-9-38(3)10-12-42)123-58-22-17-45(26-52(58)90)74(125-63-32-87(6,92)77(109)39(4)120-63)70-84(116)98-68(85(117)118)50-29-47(102)30-56(104)65(50)49-24-43(15-20-55(49)103)66(81(113)100-70)97-82(114)67(46)96-80(112)54(31-62(91)105)95-83(69)115/h9-22,24-30,37,39-40,53-54,61,63-64,66-74,76-78,86,93-94,101-104,106-110H,23,31-36,92H2,1-8H3,(H2,91,105)(H,95,115)(H,96,112)(H,97,114)(H,98,116)(H,99,111)(H,100,113)(H,117,118)/t39-,40-,53+,54-,61+,63-,64-,66+,67+,68-,69+,70-,71+,72+,73-,74+,76+,77-,78-,86-,87-,88-/m0/s1. The highest BCUT2D eigenvalue weighted by molar-refractivity contribution is 6.32.